The maximum absolute atomic E-state index is 5.94. The van der Waals surface area contributed by atoms with Crippen LogP contribution in [0.5, 0.6) is 0 Å². The Morgan fingerprint density at radius 2 is 1.76 bits per heavy atom. The molecule has 3 rings (SSSR count). The molecule has 0 atom stereocenters. The van der Waals surface area contributed by atoms with Gasteiger partial charge in [-0.15, -0.1) is 11.3 Å². The molecule has 2 aromatic rings. The maximum Gasteiger partial charge on any atom is 0.516 e. The smallest absolute Gasteiger partial charge is 0.398 e. The normalized spacial score (nSPS) is 19.7. The highest BCUT2D eigenvalue weighted by Crippen LogP contribution is 2.36. The lowest BCUT2D eigenvalue weighted by Gasteiger charge is -2.32. The zero-order chi connectivity index (χ0) is 15.1. The molecule has 8 heteroatoms. The first-order valence-electron chi connectivity index (χ1n) is 6.71. The molecule has 0 aliphatic carbocycles. The SMILES string of the molecule is CC1(C)OB(c2cnc(Nc3nccs3)cn2)OC1(C)C. The molecule has 110 valence electrons. The van der Waals surface area contributed by atoms with Gasteiger partial charge in [0.25, 0.3) is 0 Å². The second kappa shape index (κ2) is 5.05. The summed E-state index contributed by atoms with van der Waals surface area (Å²) in [6.07, 6.45) is 5.05. The summed E-state index contributed by atoms with van der Waals surface area (Å²) in [5.74, 6) is 0.644. The average molecular weight is 304 g/mol. The standard InChI is InChI=1S/C13H17BN4O2S/c1-12(2)13(3,4)20-14(19-12)9-7-17-10(8-16-9)18-11-15-5-6-21-11/h5-8H,1-4H3,(H,15,17,18). The van der Waals surface area contributed by atoms with Crippen molar-refractivity contribution >= 4 is 35.0 Å². The molecule has 0 saturated carbocycles. The molecule has 1 saturated heterocycles. The Labute approximate surface area is 128 Å². The number of thiazole rings is 1. The first-order valence-corrected chi connectivity index (χ1v) is 7.59. The summed E-state index contributed by atoms with van der Waals surface area (Å²) in [6.45, 7) is 8.05. The highest BCUT2D eigenvalue weighted by atomic mass is 32.1. The number of anilines is 2. The molecule has 0 radical (unpaired) electrons. The van der Waals surface area contributed by atoms with Crippen LogP contribution in [0.2, 0.25) is 0 Å². The Balaban J connectivity index is 1.73. The summed E-state index contributed by atoms with van der Waals surface area (Å²) in [5, 5.41) is 5.77. The van der Waals surface area contributed by atoms with Crippen LogP contribution in [0, 0.1) is 0 Å². The minimum atomic E-state index is -0.489. The molecule has 6 nitrogen and oxygen atoms in total. The number of nitrogens with zero attached hydrogens (tertiary/aromatic N) is 3. The van der Waals surface area contributed by atoms with Gasteiger partial charge in [0.05, 0.1) is 23.0 Å². The lowest BCUT2D eigenvalue weighted by atomic mass is 9.85. The van der Waals surface area contributed by atoms with Crippen LogP contribution in [0.1, 0.15) is 27.7 Å². The topological polar surface area (TPSA) is 69.2 Å². The molecule has 1 fully saturated rings. The Morgan fingerprint density at radius 3 is 2.29 bits per heavy atom. The third kappa shape index (κ3) is 2.79. The van der Waals surface area contributed by atoms with E-state index in [1.54, 1.807) is 18.6 Å². The molecule has 21 heavy (non-hydrogen) atoms. The van der Waals surface area contributed by atoms with Crippen molar-refractivity contribution in [1.29, 1.82) is 0 Å². The number of hydrogen-bond acceptors (Lipinski definition) is 7. The van der Waals surface area contributed by atoms with Crippen LogP contribution in [0.3, 0.4) is 0 Å². The lowest BCUT2D eigenvalue weighted by Crippen LogP contribution is -2.41. The van der Waals surface area contributed by atoms with E-state index in [1.165, 1.54) is 11.3 Å². The first-order chi connectivity index (χ1) is 9.87. The third-order valence-corrected chi connectivity index (χ3v) is 4.52. The van der Waals surface area contributed by atoms with Crippen LogP contribution in [0.15, 0.2) is 24.0 Å². The Bertz CT molecular complexity index is 600. The van der Waals surface area contributed by atoms with Crippen LogP contribution in [-0.4, -0.2) is 33.3 Å². The van der Waals surface area contributed by atoms with Crippen molar-refractivity contribution in [2.24, 2.45) is 0 Å². The summed E-state index contributed by atoms with van der Waals surface area (Å²) in [7, 11) is -0.489. The third-order valence-electron chi connectivity index (χ3n) is 3.83. The molecule has 1 aliphatic rings. The summed E-state index contributed by atoms with van der Waals surface area (Å²) in [4.78, 5) is 12.8. The summed E-state index contributed by atoms with van der Waals surface area (Å²) >= 11 is 1.51. The fraction of sp³-hybridized carbons (Fsp3) is 0.462. The maximum atomic E-state index is 5.94. The molecule has 0 amide bonds. The summed E-state index contributed by atoms with van der Waals surface area (Å²) in [5.41, 5.74) is -0.0905. The van der Waals surface area contributed by atoms with Crippen molar-refractivity contribution in [3.05, 3.63) is 24.0 Å². The molecular weight excluding hydrogens is 287 g/mol. The van der Waals surface area contributed by atoms with Gasteiger partial charge >= 0.3 is 7.12 Å². The van der Waals surface area contributed by atoms with E-state index < -0.39 is 7.12 Å². The molecule has 0 bridgehead atoms. The van der Waals surface area contributed by atoms with E-state index in [0.29, 0.717) is 11.4 Å². The molecule has 0 unspecified atom stereocenters. The van der Waals surface area contributed by atoms with E-state index in [1.807, 2.05) is 33.1 Å². The van der Waals surface area contributed by atoms with Crippen LogP contribution in [0.25, 0.3) is 0 Å². The average Bonchev–Trinajstić information content (AvgIpc) is 2.97. The second-order valence-corrected chi connectivity index (χ2v) is 6.77. The van der Waals surface area contributed by atoms with Crippen LogP contribution in [0.4, 0.5) is 10.9 Å². The van der Waals surface area contributed by atoms with Gasteiger partial charge in [-0.05, 0) is 27.7 Å². The first kappa shape index (κ1) is 14.4. The van der Waals surface area contributed by atoms with Crippen LogP contribution in [-0.2, 0) is 9.31 Å². The van der Waals surface area contributed by atoms with Crippen molar-refractivity contribution in [3.63, 3.8) is 0 Å². The number of nitrogens with one attached hydrogen (secondary N) is 1. The largest absolute Gasteiger partial charge is 0.516 e. The van der Waals surface area contributed by atoms with E-state index in [2.05, 4.69) is 20.3 Å². The van der Waals surface area contributed by atoms with E-state index in [4.69, 9.17) is 9.31 Å². The highest BCUT2D eigenvalue weighted by Gasteiger charge is 2.52. The van der Waals surface area contributed by atoms with Gasteiger partial charge in [-0.2, -0.15) is 0 Å². The van der Waals surface area contributed by atoms with Crippen LogP contribution >= 0.6 is 11.3 Å². The van der Waals surface area contributed by atoms with E-state index in [-0.39, 0.29) is 11.2 Å². The predicted molar refractivity (Wildman–Crippen MR) is 83.1 cm³/mol. The van der Waals surface area contributed by atoms with Crippen LogP contribution < -0.4 is 10.9 Å². The highest BCUT2D eigenvalue weighted by molar-refractivity contribution is 7.13. The van der Waals surface area contributed by atoms with Crippen molar-refractivity contribution in [1.82, 2.24) is 15.0 Å². The van der Waals surface area contributed by atoms with Gasteiger partial charge < -0.3 is 14.6 Å². The molecule has 0 aromatic carbocycles. The summed E-state index contributed by atoms with van der Waals surface area (Å²) < 4.78 is 11.9. The molecule has 0 spiro atoms. The molecule has 2 aromatic heterocycles. The Hall–Kier alpha value is -1.51. The zero-order valence-corrected chi connectivity index (χ0v) is 13.3. The fourth-order valence-corrected chi connectivity index (χ4v) is 2.42. The van der Waals surface area contributed by atoms with Crippen molar-refractivity contribution in [2.45, 2.75) is 38.9 Å². The number of rotatable bonds is 3. The predicted octanol–water partition coefficient (Wildman–Crippen LogP) is 1.98. The summed E-state index contributed by atoms with van der Waals surface area (Å²) in [6, 6.07) is 0. The number of aromatic nitrogens is 3. The molecule has 1 N–H and O–H groups in total. The molecular formula is C13H17BN4O2S. The van der Waals surface area contributed by atoms with Gasteiger partial charge in [0.15, 0.2) is 10.9 Å². The van der Waals surface area contributed by atoms with E-state index in [9.17, 15) is 0 Å². The van der Waals surface area contributed by atoms with Crippen molar-refractivity contribution < 1.29 is 9.31 Å². The van der Waals surface area contributed by atoms with Gasteiger partial charge in [0, 0.05) is 17.8 Å². The minimum Gasteiger partial charge on any atom is -0.398 e. The van der Waals surface area contributed by atoms with Gasteiger partial charge in [0.1, 0.15) is 0 Å². The Morgan fingerprint density at radius 1 is 1.05 bits per heavy atom. The van der Waals surface area contributed by atoms with Gasteiger partial charge in [0.2, 0.25) is 0 Å². The lowest BCUT2D eigenvalue weighted by molar-refractivity contribution is 0.00578. The second-order valence-electron chi connectivity index (χ2n) is 5.88. The Kier molecular flexibility index (Phi) is 3.47. The molecule has 1 aliphatic heterocycles. The van der Waals surface area contributed by atoms with Gasteiger partial charge in [-0.1, -0.05) is 0 Å². The quantitative estimate of drug-likeness (QED) is 0.874. The monoisotopic (exact) mass is 304 g/mol. The van der Waals surface area contributed by atoms with E-state index >= 15 is 0 Å². The van der Waals surface area contributed by atoms with Gasteiger partial charge in [-0.3, -0.25) is 4.98 Å². The van der Waals surface area contributed by atoms with Crippen molar-refractivity contribution in [3.8, 4) is 0 Å². The van der Waals surface area contributed by atoms with Gasteiger partial charge in [-0.25, -0.2) is 9.97 Å². The minimum absolute atomic E-state index is 0.378. The zero-order valence-electron chi connectivity index (χ0n) is 12.5. The fourth-order valence-electron chi connectivity index (χ4n) is 1.88. The van der Waals surface area contributed by atoms with E-state index in [0.717, 1.165) is 5.13 Å². The number of hydrogen-bond donors (Lipinski definition) is 1. The molecule has 3 heterocycles. The van der Waals surface area contributed by atoms with Crippen molar-refractivity contribution in [2.75, 3.05) is 5.32 Å².